The van der Waals surface area contributed by atoms with Crippen molar-refractivity contribution in [1.82, 2.24) is 19.6 Å². The van der Waals surface area contributed by atoms with Crippen LogP contribution in [-0.4, -0.2) is 59.6 Å². The molecule has 2 aromatic heterocycles. The second-order valence-corrected chi connectivity index (χ2v) is 5.80. The molecule has 0 radical (unpaired) electrons. The maximum atomic E-state index is 12.6. The molecule has 3 heterocycles. The molecule has 1 N–H and O–H groups in total. The van der Waals surface area contributed by atoms with E-state index in [1.165, 1.54) is 0 Å². The normalized spacial score (nSPS) is 15.9. The maximum absolute atomic E-state index is 12.6. The van der Waals surface area contributed by atoms with Crippen LogP contribution in [0.1, 0.15) is 29.5 Å². The van der Waals surface area contributed by atoms with Crippen LogP contribution in [0, 0.1) is 0 Å². The molecule has 0 spiro atoms. The molecule has 1 fully saturated rings. The number of rotatable bonds is 6. The smallest absolute Gasteiger partial charge is 0.270 e. The molecule has 124 valence electrons. The number of amides is 1. The largest absolute Gasteiger partial charge is 0.379 e. The average molecular weight is 316 g/mol. The highest BCUT2D eigenvalue weighted by Crippen LogP contribution is 2.14. The van der Waals surface area contributed by atoms with Crippen LogP contribution in [0.4, 0.5) is 0 Å². The number of aryl methyl sites for hydroxylation is 1. The number of nitrogens with one attached hydrogen (secondary N) is 1. The summed E-state index contributed by atoms with van der Waals surface area (Å²) in [6.45, 7) is 7.03. The molecule has 6 heteroatoms. The van der Waals surface area contributed by atoms with E-state index in [-0.39, 0.29) is 5.91 Å². The molecule has 0 atom stereocenters. The van der Waals surface area contributed by atoms with Crippen LogP contribution in [0.25, 0.3) is 5.65 Å². The molecule has 1 saturated heterocycles. The van der Waals surface area contributed by atoms with Gasteiger partial charge in [0.1, 0.15) is 11.3 Å². The SMILES string of the molecule is CCCc1nc2ccccn2c1C(=O)NCCN1CCOCC1. The van der Waals surface area contributed by atoms with E-state index in [9.17, 15) is 4.79 Å². The van der Waals surface area contributed by atoms with Crippen molar-refractivity contribution in [1.29, 1.82) is 0 Å². The number of ether oxygens (including phenoxy) is 1. The fraction of sp³-hybridized carbons (Fsp3) is 0.529. The Morgan fingerprint density at radius 1 is 1.35 bits per heavy atom. The first-order valence-electron chi connectivity index (χ1n) is 8.34. The predicted octanol–water partition coefficient (Wildman–Crippen LogP) is 1.35. The van der Waals surface area contributed by atoms with E-state index in [0.717, 1.165) is 57.0 Å². The van der Waals surface area contributed by atoms with Crippen LogP contribution in [0.2, 0.25) is 0 Å². The Labute approximate surface area is 136 Å². The van der Waals surface area contributed by atoms with E-state index in [1.54, 1.807) is 0 Å². The maximum Gasteiger partial charge on any atom is 0.270 e. The zero-order valence-electron chi connectivity index (χ0n) is 13.6. The molecule has 1 aliphatic rings. The third-order valence-electron chi connectivity index (χ3n) is 4.12. The van der Waals surface area contributed by atoms with E-state index in [1.807, 2.05) is 28.8 Å². The average Bonchev–Trinajstić information content (AvgIpc) is 2.94. The predicted molar refractivity (Wildman–Crippen MR) is 88.8 cm³/mol. The van der Waals surface area contributed by atoms with Gasteiger partial charge in [-0.15, -0.1) is 0 Å². The molecule has 1 aliphatic heterocycles. The Kier molecular flexibility index (Phi) is 5.25. The lowest BCUT2D eigenvalue weighted by Gasteiger charge is -2.26. The lowest BCUT2D eigenvalue weighted by atomic mass is 10.2. The summed E-state index contributed by atoms with van der Waals surface area (Å²) in [4.78, 5) is 19.5. The summed E-state index contributed by atoms with van der Waals surface area (Å²) in [5.41, 5.74) is 2.38. The molecule has 0 unspecified atom stereocenters. The Morgan fingerprint density at radius 3 is 2.96 bits per heavy atom. The second-order valence-electron chi connectivity index (χ2n) is 5.80. The van der Waals surface area contributed by atoms with E-state index in [2.05, 4.69) is 22.1 Å². The van der Waals surface area contributed by atoms with Gasteiger partial charge in [-0.2, -0.15) is 0 Å². The van der Waals surface area contributed by atoms with Crippen LogP contribution in [0.3, 0.4) is 0 Å². The van der Waals surface area contributed by atoms with Gasteiger partial charge >= 0.3 is 0 Å². The minimum absolute atomic E-state index is 0.0413. The molecule has 3 rings (SSSR count). The van der Waals surface area contributed by atoms with Gasteiger partial charge in [0.2, 0.25) is 0 Å². The van der Waals surface area contributed by atoms with Crippen molar-refractivity contribution in [2.24, 2.45) is 0 Å². The second kappa shape index (κ2) is 7.57. The van der Waals surface area contributed by atoms with Crippen molar-refractivity contribution in [2.45, 2.75) is 19.8 Å². The number of hydrogen-bond acceptors (Lipinski definition) is 4. The first-order valence-corrected chi connectivity index (χ1v) is 8.34. The van der Waals surface area contributed by atoms with Gasteiger partial charge in [-0.1, -0.05) is 19.4 Å². The van der Waals surface area contributed by atoms with Gasteiger partial charge in [-0.05, 0) is 18.6 Å². The van der Waals surface area contributed by atoms with Crippen LogP contribution in [-0.2, 0) is 11.2 Å². The minimum atomic E-state index is -0.0413. The summed E-state index contributed by atoms with van der Waals surface area (Å²) in [7, 11) is 0. The summed E-state index contributed by atoms with van der Waals surface area (Å²) in [5.74, 6) is -0.0413. The zero-order chi connectivity index (χ0) is 16.1. The summed E-state index contributed by atoms with van der Waals surface area (Å²) in [6.07, 6.45) is 3.68. The van der Waals surface area contributed by atoms with E-state index in [0.29, 0.717) is 12.2 Å². The number of fused-ring (bicyclic) bond motifs is 1. The molecule has 23 heavy (non-hydrogen) atoms. The highest BCUT2D eigenvalue weighted by Gasteiger charge is 2.18. The number of imidazole rings is 1. The van der Waals surface area contributed by atoms with Gasteiger partial charge < -0.3 is 10.1 Å². The minimum Gasteiger partial charge on any atom is -0.379 e. The fourth-order valence-corrected chi connectivity index (χ4v) is 2.93. The topological polar surface area (TPSA) is 58.9 Å². The van der Waals surface area contributed by atoms with Gasteiger partial charge in [-0.25, -0.2) is 4.98 Å². The molecule has 0 aromatic carbocycles. The summed E-state index contributed by atoms with van der Waals surface area (Å²) in [6, 6.07) is 5.80. The van der Waals surface area contributed by atoms with Crippen LogP contribution >= 0.6 is 0 Å². The molecular formula is C17H24N4O2. The van der Waals surface area contributed by atoms with Crippen molar-refractivity contribution >= 4 is 11.6 Å². The lowest BCUT2D eigenvalue weighted by molar-refractivity contribution is 0.0383. The fourth-order valence-electron chi connectivity index (χ4n) is 2.93. The number of morpholine rings is 1. The quantitative estimate of drug-likeness (QED) is 0.874. The lowest BCUT2D eigenvalue weighted by Crippen LogP contribution is -2.41. The number of carbonyl (C=O) groups is 1. The first-order chi connectivity index (χ1) is 11.3. The van der Waals surface area contributed by atoms with Crippen molar-refractivity contribution in [2.75, 3.05) is 39.4 Å². The molecule has 0 saturated carbocycles. The number of nitrogens with zero attached hydrogens (tertiary/aromatic N) is 3. The third kappa shape index (κ3) is 3.71. The Bertz CT molecular complexity index is 662. The van der Waals surface area contributed by atoms with Crippen molar-refractivity contribution in [3.05, 3.63) is 35.8 Å². The Morgan fingerprint density at radius 2 is 2.17 bits per heavy atom. The van der Waals surface area contributed by atoms with Gasteiger partial charge in [0.05, 0.1) is 18.9 Å². The van der Waals surface area contributed by atoms with E-state index < -0.39 is 0 Å². The number of pyridine rings is 1. The molecule has 0 aliphatic carbocycles. The number of hydrogen-bond donors (Lipinski definition) is 1. The molecular weight excluding hydrogens is 292 g/mol. The molecule has 6 nitrogen and oxygen atoms in total. The van der Waals surface area contributed by atoms with E-state index >= 15 is 0 Å². The number of carbonyl (C=O) groups excluding carboxylic acids is 1. The van der Waals surface area contributed by atoms with Crippen LogP contribution < -0.4 is 5.32 Å². The monoisotopic (exact) mass is 316 g/mol. The van der Waals surface area contributed by atoms with Crippen molar-refractivity contribution in [3.8, 4) is 0 Å². The summed E-state index contributed by atoms with van der Waals surface area (Å²) < 4.78 is 7.22. The van der Waals surface area contributed by atoms with Crippen LogP contribution in [0.5, 0.6) is 0 Å². The highest BCUT2D eigenvalue weighted by atomic mass is 16.5. The van der Waals surface area contributed by atoms with Crippen molar-refractivity contribution < 1.29 is 9.53 Å². The van der Waals surface area contributed by atoms with Gasteiger partial charge in [0.25, 0.3) is 5.91 Å². The third-order valence-corrected chi connectivity index (χ3v) is 4.12. The first kappa shape index (κ1) is 16.0. The number of aromatic nitrogens is 2. The highest BCUT2D eigenvalue weighted by molar-refractivity contribution is 5.94. The van der Waals surface area contributed by atoms with Gasteiger partial charge in [-0.3, -0.25) is 14.1 Å². The van der Waals surface area contributed by atoms with Gasteiger partial charge in [0.15, 0.2) is 0 Å². The van der Waals surface area contributed by atoms with Crippen molar-refractivity contribution in [3.63, 3.8) is 0 Å². The Balaban J connectivity index is 1.68. The Hall–Kier alpha value is -1.92. The van der Waals surface area contributed by atoms with E-state index in [4.69, 9.17) is 4.74 Å². The summed E-state index contributed by atoms with van der Waals surface area (Å²) >= 11 is 0. The molecule has 0 bridgehead atoms. The standard InChI is InChI=1S/C17H24N4O2/c1-2-5-14-16(21-8-4-3-6-15(21)19-14)17(22)18-7-9-20-10-12-23-13-11-20/h3-4,6,8H,2,5,7,9-13H2,1H3,(H,18,22). The zero-order valence-corrected chi connectivity index (χ0v) is 13.6. The molecule has 2 aromatic rings. The molecule has 1 amide bonds. The summed E-state index contributed by atoms with van der Waals surface area (Å²) in [5, 5.41) is 3.04. The van der Waals surface area contributed by atoms with Gasteiger partial charge in [0, 0.05) is 32.4 Å². The van der Waals surface area contributed by atoms with Crippen LogP contribution in [0.15, 0.2) is 24.4 Å².